The van der Waals surface area contributed by atoms with Gasteiger partial charge in [0.05, 0.1) is 25.4 Å². The molecule has 1 amide bonds. The lowest BCUT2D eigenvalue weighted by Gasteiger charge is -2.31. The van der Waals surface area contributed by atoms with Gasteiger partial charge in [-0.2, -0.15) is 0 Å². The number of pyridine rings is 1. The van der Waals surface area contributed by atoms with Crippen LogP contribution in [0.15, 0.2) is 43.2 Å². The average Bonchev–Trinajstić information content (AvgIpc) is 3.01. The molecule has 1 aliphatic carbocycles. The van der Waals surface area contributed by atoms with E-state index in [4.69, 9.17) is 9.47 Å². The number of aromatic nitrogens is 3. The van der Waals surface area contributed by atoms with Gasteiger partial charge in [-0.3, -0.25) is 9.78 Å². The molecule has 1 saturated heterocycles. The minimum Gasteiger partial charge on any atom is -0.374 e. The Morgan fingerprint density at radius 3 is 2.78 bits per heavy atom. The van der Waals surface area contributed by atoms with Crippen molar-refractivity contribution in [2.45, 2.75) is 50.5 Å². The zero-order valence-corrected chi connectivity index (χ0v) is 15.2. The zero-order valence-electron chi connectivity index (χ0n) is 15.2. The first-order valence-electron chi connectivity index (χ1n) is 9.47. The Morgan fingerprint density at radius 1 is 1.15 bits per heavy atom. The van der Waals surface area contributed by atoms with Crippen LogP contribution in [0.3, 0.4) is 0 Å². The predicted molar refractivity (Wildman–Crippen MR) is 97.6 cm³/mol. The topological polar surface area (TPSA) is 77.4 Å². The highest BCUT2D eigenvalue weighted by Gasteiger charge is 2.44. The molecule has 1 saturated carbocycles. The summed E-state index contributed by atoms with van der Waals surface area (Å²) in [4.78, 5) is 26.9. The first-order valence-corrected chi connectivity index (χ1v) is 9.47. The zero-order chi connectivity index (χ0) is 18.5. The predicted octanol–water partition coefficient (Wildman–Crippen LogP) is 1.78. The van der Waals surface area contributed by atoms with Crippen LogP contribution in [0.2, 0.25) is 0 Å². The number of amides is 1. The lowest BCUT2D eigenvalue weighted by Crippen LogP contribution is -2.46. The number of carbonyl (C=O) groups excluding carboxylic acids is 1. The third-order valence-corrected chi connectivity index (χ3v) is 5.31. The third kappa shape index (κ3) is 4.31. The number of ether oxygens (including phenoxy) is 2. The lowest BCUT2D eigenvalue weighted by molar-refractivity contribution is -0.136. The van der Waals surface area contributed by atoms with E-state index in [9.17, 15) is 4.79 Å². The van der Waals surface area contributed by atoms with Crippen LogP contribution in [0.5, 0.6) is 0 Å². The molecule has 2 fully saturated rings. The molecule has 7 nitrogen and oxygen atoms in total. The van der Waals surface area contributed by atoms with Crippen LogP contribution in [-0.4, -0.2) is 57.2 Å². The van der Waals surface area contributed by atoms with Gasteiger partial charge in [0.1, 0.15) is 12.4 Å². The second-order valence-corrected chi connectivity index (χ2v) is 7.02. The van der Waals surface area contributed by atoms with E-state index in [1.165, 1.54) is 6.33 Å². The van der Waals surface area contributed by atoms with Crippen molar-refractivity contribution in [2.75, 3.05) is 13.2 Å². The maximum absolute atomic E-state index is 12.9. The summed E-state index contributed by atoms with van der Waals surface area (Å²) in [5, 5.41) is 0. The van der Waals surface area contributed by atoms with Crippen molar-refractivity contribution >= 4 is 5.91 Å². The number of carbonyl (C=O) groups is 1. The molecule has 7 heteroatoms. The Morgan fingerprint density at radius 2 is 1.96 bits per heavy atom. The molecular formula is C20H24N4O3. The van der Waals surface area contributed by atoms with Crippen molar-refractivity contribution < 1.29 is 14.3 Å². The molecular weight excluding hydrogens is 344 g/mol. The second-order valence-electron chi connectivity index (χ2n) is 7.02. The Kier molecular flexibility index (Phi) is 5.69. The fourth-order valence-corrected chi connectivity index (χ4v) is 3.94. The summed E-state index contributed by atoms with van der Waals surface area (Å²) in [6.07, 6.45) is 11.5. The van der Waals surface area contributed by atoms with Crippen LogP contribution in [-0.2, 0) is 27.3 Å². The number of aryl methyl sites for hydroxylation is 1. The molecule has 3 heterocycles. The fourth-order valence-electron chi connectivity index (χ4n) is 3.94. The lowest BCUT2D eigenvalue weighted by atomic mass is 10.1. The summed E-state index contributed by atoms with van der Waals surface area (Å²) >= 11 is 0. The molecule has 0 N–H and O–H groups in total. The summed E-state index contributed by atoms with van der Waals surface area (Å²) in [6, 6.07) is 3.98. The number of hydrogen-bond donors (Lipinski definition) is 0. The van der Waals surface area contributed by atoms with Crippen LogP contribution in [0.4, 0.5) is 0 Å². The van der Waals surface area contributed by atoms with Gasteiger partial charge in [-0.1, -0.05) is 0 Å². The Balaban J connectivity index is 1.39. The van der Waals surface area contributed by atoms with Gasteiger partial charge in [0.15, 0.2) is 0 Å². The SMILES string of the molecule is O=C(CCc1cncnc1)N1CCO[C@H]2CC[C@H]1[C@@H]2OCc1ccncc1. The summed E-state index contributed by atoms with van der Waals surface area (Å²) in [6.45, 7) is 1.70. The van der Waals surface area contributed by atoms with Crippen LogP contribution < -0.4 is 0 Å². The maximum Gasteiger partial charge on any atom is 0.223 e. The molecule has 2 aromatic rings. The van der Waals surface area contributed by atoms with Gasteiger partial charge in [-0.05, 0) is 42.5 Å². The monoisotopic (exact) mass is 368 g/mol. The number of rotatable bonds is 6. The summed E-state index contributed by atoms with van der Waals surface area (Å²) in [7, 11) is 0. The third-order valence-electron chi connectivity index (χ3n) is 5.31. The Hall–Kier alpha value is -2.38. The molecule has 4 rings (SSSR count). The van der Waals surface area contributed by atoms with Gasteiger partial charge in [-0.15, -0.1) is 0 Å². The number of fused-ring (bicyclic) bond motifs is 2. The molecule has 0 unspecified atom stereocenters. The molecule has 0 spiro atoms. The van der Waals surface area contributed by atoms with Gasteiger partial charge >= 0.3 is 0 Å². The van der Waals surface area contributed by atoms with Crippen molar-refractivity contribution in [1.82, 2.24) is 19.9 Å². The van der Waals surface area contributed by atoms with Crippen molar-refractivity contribution in [1.29, 1.82) is 0 Å². The van der Waals surface area contributed by atoms with Crippen LogP contribution in [0.1, 0.15) is 30.4 Å². The first-order chi connectivity index (χ1) is 13.3. The van der Waals surface area contributed by atoms with Crippen molar-refractivity contribution in [2.24, 2.45) is 0 Å². The van der Waals surface area contributed by atoms with Crippen LogP contribution >= 0.6 is 0 Å². The molecule has 27 heavy (non-hydrogen) atoms. The fraction of sp³-hybridized carbons (Fsp3) is 0.500. The number of hydrogen-bond acceptors (Lipinski definition) is 6. The van der Waals surface area contributed by atoms with E-state index in [0.717, 1.165) is 24.0 Å². The van der Waals surface area contributed by atoms with Gasteiger partial charge in [-0.25, -0.2) is 9.97 Å². The minimum absolute atomic E-state index is 0.0668. The van der Waals surface area contributed by atoms with E-state index in [1.54, 1.807) is 24.8 Å². The van der Waals surface area contributed by atoms with E-state index in [1.807, 2.05) is 17.0 Å². The summed E-state index contributed by atoms with van der Waals surface area (Å²) in [5.41, 5.74) is 2.06. The van der Waals surface area contributed by atoms with Crippen LogP contribution in [0.25, 0.3) is 0 Å². The first kappa shape index (κ1) is 18.0. The molecule has 2 aromatic heterocycles. The number of nitrogens with zero attached hydrogens (tertiary/aromatic N) is 4. The highest BCUT2D eigenvalue weighted by atomic mass is 16.5. The van der Waals surface area contributed by atoms with Gasteiger partial charge < -0.3 is 14.4 Å². The second kappa shape index (κ2) is 8.54. The van der Waals surface area contributed by atoms with E-state index >= 15 is 0 Å². The van der Waals surface area contributed by atoms with Gasteiger partial charge in [0.2, 0.25) is 5.91 Å². The quantitative estimate of drug-likeness (QED) is 0.773. The minimum atomic E-state index is -0.0790. The average molecular weight is 368 g/mol. The van der Waals surface area contributed by atoms with Crippen molar-refractivity contribution in [3.8, 4) is 0 Å². The smallest absolute Gasteiger partial charge is 0.223 e. The van der Waals surface area contributed by atoms with Gasteiger partial charge in [0, 0.05) is 37.8 Å². The molecule has 2 aliphatic rings. The Bertz CT molecular complexity index is 743. The highest BCUT2D eigenvalue weighted by molar-refractivity contribution is 5.77. The van der Waals surface area contributed by atoms with Crippen molar-refractivity contribution in [3.05, 3.63) is 54.4 Å². The molecule has 0 radical (unpaired) electrons. The van der Waals surface area contributed by atoms with E-state index in [2.05, 4.69) is 15.0 Å². The summed E-state index contributed by atoms with van der Waals surface area (Å²) < 4.78 is 12.2. The Labute approximate surface area is 158 Å². The van der Waals surface area contributed by atoms with E-state index < -0.39 is 0 Å². The van der Waals surface area contributed by atoms with Crippen LogP contribution in [0, 0.1) is 0 Å². The molecule has 3 atom stereocenters. The molecule has 1 aliphatic heterocycles. The van der Waals surface area contributed by atoms with Crippen molar-refractivity contribution in [3.63, 3.8) is 0 Å². The normalized spacial score (nSPS) is 24.6. The van der Waals surface area contributed by atoms with E-state index in [-0.39, 0.29) is 24.2 Å². The highest BCUT2D eigenvalue weighted by Crippen LogP contribution is 2.33. The largest absolute Gasteiger partial charge is 0.374 e. The molecule has 142 valence electrons. The maximum atomic E-state index is 12.9. The van der Waals surface area contributed by atoms with Gasteiger partial charge in [0.25, 0.3) is 0 Å². The standard InChI is InChI=1S/C20H24N4O3/c25-19(4-1-16-11-22-14-23-12-16)24-9-10-26-18-3-2-17(24)20(18)27-13-15-5-7-21-8-6-15/h5-8,11-12,14,17-18,20H,1-4,9-10,13H2/t17-,18-,20-/m0/s1. The van der Waals surface area contributed by atoms with E-state index in [0.29, 0.717) is 32.6 Å². The summed E-state index contributed by atoms with van der Waals surface area (Å²) in [5.74, 6) is 0.146. The molecule has 0 aromatic carbocycles. The molecule has 2 bridgehead atoms.